The number of amides is 1. The monoisotopic (exact) mass is 254 g/mol. The number of carbonyl (C=O) groups is 1. The van der Waals surface area contributed by atoms with Gasteiger partial charge in [-0.25, -0.2) is 0 Å². The highest BCUT2D eigenvalue weighted by atomic mass is 16.6. The van der Waals surface area contributed by atoms with Gasteiger partial charge in [-0.15, -0.1) is 0 Å². The molecule has 100 valence electrons. The molecule has 1 aromatic rings. The first-order valence-electron chi connectivity index (χ1n) is 5.52. The van der Waals surface area contributed by atoms with E-state index < -0.39 is 4.92 Å². The average Bonchev–Trinajstić information content (AvgIpc) is 2.38. The molecule has 1 aromatic carbocycles. The number of rotatable bonds is 3. The van der Waals surface area contributed by atoms with Crippen LogP contribution in [0.3, 0.4) is 0 Å². The van der Waals surface area contributed by atoms with Crippen LogP contribution in [0.1, 0.15) is 24.2 Å². The van der Waals surface area contributed by atoms with Crippen LogP contribution in [0.4, 0.5) is 5.69 Å². The van der Waals surface area contributed by atoms with Crippen molar-refractivity contribution >= 4 is 11.6 Å². The van der Waals surface area contributed by atoms with E-state index in [2.05, 4.69) is 0 Å². The number of carbonyl (C=O) groups excluding carboxylic acids is 1. The Bertz CT molecular complexity index is 430. The summed E-state index contributed by atoms with van der Waals surface area (Å²) in [5, 5.41) is 10.7. The fraction of sp³-hybridized carbons (Fsp3) is 0.417. The number of hydrogen-bond acceptors (Lipinski definition) is 4. The standard InChI is InChI=1S/C10H12N2O4.C2H6/c1-11(2)10(13)7-5-4-6-8(12(14)15)9(7)16-3;1-2/h4-6H,1-3H3;1-2H3. The Hall–Kier alpha value is -2.11. The summed E-state index contributed by atoms with van der Waals surface area (Å²) >= 11 is 0. The number of para-hydroxylation sites is 1. The van der Waals surface area contributed by atoms with Gasteiger partial charge in [0.1, 0.15) is 0 Å². The molecule has 0 aromatic heterocycles. The van der Waals surface area contributed by atoms with Crippen molar-refractivity contribution in [2.24, 2.45) is 0 Å². The lowest BCUT2D eigenvalue weighted by Crippen LogP contribution is -2.22. The molecule has 0 aliphatic heterocycles. The van der Waals surface area contributed by atoms with E-state index in [4.69, 9.17) is 4.74 Å². The molecule has 0 aliphatic rings. The Labute approximate surface area is 106 Å². The quantitative estimate of drug-likeness (QED) is 0.613. The largest absolute Gasteiger partial charge is 0.490 e. The second kappa shape index (κ2) is 7.26. The molecule has 0 unspecified atom stereocenters. The zero-order valence-corrected chi connectivity index (χ0v) is 11.3. The van der Waals surface area contributed by atoms with Gasteiger partial charge in [-0.2, -0.15) is 0 Å². The van der Waals surface area contributed by atoms with E-state index in [1.807, 2.05) is 13.8 Å². The molecular weight excluding hydrogens is 236 g/mol. The van der Waals surface area contributed by atoms with Crippen molar-refractivity contribution in [3.05, 3.63) is 33.9 Å². The van der Waals surface area contributed by atoms with E-state index in [0.717, 1.165) is 0 Å². The zero-order valence-electron chi connectivity index (χ0n) is 11.3. The third-order valence-corrected chi connectivity index (χ3v) is 2.03. The topological polar surface area (TPSA) is 72.7 Å². The number of nitro benzene ring substituents is 1. The van der Waals surface area contributed by atoms with Crippen LogP contribution in [-0.4, -0.2) is 36.9 Å². The Morgan fingerprint density at radius 3 is 2.28 bits per heavy atom. The van der Waals surface area contributed by atoms with Gasteiger partial charge in [-0.1, -0.05) is 19.9 Å². The predicted octanol–water partition coefficient (Wildman–Crippen LogP) is 2.33. The second-order valence-corrected chi connectivity index (χ2v) is 3.31. The fourth-order valence-electron chi connectivity index (χ4n) is 1.29. The van der Waals surface area contributed by atoms with Crippen LogP contribution < -0.4 is 4.74 Å². The van der Waals surface area contributed by atoms with Crippen LogP contribution in [0.2, 0.25) is 0 Å². The highest BCUT2D eigenvalue weighted by molar-refractivity contribution is 5.97. The molecule has 0 spiro atoms. The summed E-state index contributed by atoms with van der Waals surface area (Å²) in [5.74, 6) is -0.341. The summed E-state index contributed by atoms with van der Waals surface area (Å²) in [6.45, 7) is 4.00. The van der Waals surface area contributed by atoms with Crippen molar-refractivity contribution < 1.29 is 14.5 Å². The van der Waals surface area contributed by atoms with Gasteiger partial charge in [0.2, 0.25) is 5.75 Å². The lowest BCUT2D eigenvalue weighted by Gasteiger charge is -2.12. The van der Waals surface area contributed by atoms with E-state index in [1.54, 1.807) is 14.1 Å². The molecule has 0 saturated heterocycles. The lowest BCUT2D eigenvalue weighted by atomic mass is 10.1. The summed E-state index contributed by atoms with van der Waals surface area (Å²) in [5.41, 5.74) is -0.0306. The maximum Gasteiger partial charge on any atom is 0.311 e. The van der Waals surface area contributed by atoms with E-state index in [-0.39, 0.29) is 22.9 Å². The van der Waals surface area contributed by atoms with Crippen LogP contribution in [0.5, 0.6) is 5.75 Å². The highest BCUT2D eigenvalue weighted by Crippen LogP contribution is 2.30. The highest BCUT2D eigenvalue weighted by Gasteiger charge is 2.23. The Morgan fingerprint density at radius 2 is 1.89 bits per heavy atom. The van der Waals surface area contributed by atoms with Crippen molar-refractivity contribution in [2.75, 3.05) is 21.2 Å². The first-order chi connectivity index (χ1) is 8.49. The third-order valence-electron chi connectivity index (χ3n) is 2.03. The molecule has 1 amide bonds. The van der Waals surface area contributed by atoms with Gasteiger partial charge in [-0.3, -0.25) is 14.9 Å². The van der Waals surface area contributed by atoms with Crippen LogP contribution in [-0.2, 0) is 0 Å². The molecule has 0 atom stereocenters. The molecule has 0 saturated carbocycles. The summed E-state index contributed by atoms with van der Waals surface area (Å²) in [4.78, 5) is 23.2. The molecule has 18 heavy (non-hydrogen) atoms. The Balaban J connectivity index is 0.00000137. The number of methoxy groups -OCH3 is 1. The van der Waals surface area contributed by atoms with Gasteiger partial charge in [-0.05, 0) is 6.07 Å². The minimum Gasteiger partial charge on any atom is -0.490 e. The first-order valence-corrected chi connectivity index (χ1v) is 5.52. The molecule has 0 bridgehead atoms. The van der Waals surface area contributed by atoms with E-state index in [9.17, 15) is 14.9 Å². The van der Waals surface area contributed by atoms with Crippen LogP contribution in [0.15, 0.2) is 18.2 Å². The summed E-state index contributed by atoms with van der Waals surface area (Å²) in [7, 11) is 4.44. The molecule has 0 radical (unpaired) electrons. The van der Waals surface area contributed by atoms with Gasteiger partial charge in [0, 0.05) is 20.2 Å². The maximum absolute atomic E-state index is 11.7. The van der Waals surface area contributed by atoms with Gasteiger partial charge in [0.15, 0.2) is 0 Å². The molecule has 0 fully saturated rings. The van der Waals surface area contributed by atoms with Crippen molar-refractivity contribution in [1.29, 1.82) is 0 Å². The van der Waals surface area contributed by atoms with E-state index in [0.29, 0.717) is 0 Å². The smallest absolute Gasteiger partial charge is 0.311 e. The normalized spacial score (nSPS) is 8.94. The van der Waals surface area contributed by atoms with E-state index >= 15 is 0 Å². The third kappa shape index (κ3) is 3.44. The first kappa shape index (κ1) is 15.9. The average molecular weight is 254 g/mol. The van der Waals surface area contributed by atoms with Gasteiger partial charge < -0.3 is 9.64 Å². The van der Waals surface area contributed by atoms with Crippen molar-refractivity contribution in [3.63, 3.8) is 0 Å². The van der Waals surface area contributed by atoms with Gasteiger partial charge in [0.25, 0.3) is 5.91 Å². The van der Waals surface area contributed by atoms with Crippen molar-refractivity contribution in [2.45, 2.75) is 13.8 Å². The second-order valence-electron chi connectivity index (χ2n) is 3.31. The molecular formula is C12H18N2O4. The van der Waals surface area contributed by atoms with Crippen LogP contribution in [0.25, 0.3) is 0 Å². The summed E-state index contributed by atoms with van der Waals surface area (Å²) < 4.78 is 4.92. The van der Waals surface area contributed by atoms with Crippen LogP contribution >= 0.6 is 0 Å². The van der Waals surface area contributed by atoms with Crippen LogP contribution in [0, 0.1) is 10.1 Å². The SMILES string of the molecule is CC.COc1c(C(=O)N(C)C)cccc1[N+](=O)[O-]. The lowest BCUT2D eigenvalue weighted by molar-refractivity contribution is -0.385. The summed E-state index contributed by atoms with van der Waals surface area (Å²) in [6, 6.07) is 4.25. The fourth-order valence-corrected chi connectivity index (χ4v) is 1.29. The maximum atomic E-state index is 11.7. The number of ether oxygens (including phenoxy) is 1. The predicted molar refractivity (Wildman–Crippen MR) is 69.0 cm³/mol. The minimum absolute atomic E-state index is 0.00815. The van der Waals surface area contributed by atoms with Gasteiger partial charge >= 0.3 is 5.69 Å². The molecule has 0 aliphatic carbocycles. The number of nitro groups is 1. The molecule has 6 nitrogen and oxygen atoms in total. The van der Waals surface area contributed by atoms with Gasteiger partial charge in [0.05, 0.1) is 17.6 Å². The number of hydrogen-bond donors (Lipinski definition) is 0. The summed E-state index contributed by atoms with van der Waals surface area (Å²) in [6.07, 6.45) is 0. The Morgan fingerprint density at radius 1 is 1.33 bits per heavy atom. The zero-order chi connectivity index (χ0) is 14.3. The molecule has 6 heteroatoms. The molecule has 0 heterocycles. The van der Waals surface area contributed by atoms with E-state index in [1.165, 1.54) is 30.2 Å². The molecule has 0 N–H and O–H groups in total. The molecule has 1 rings (SSSR count). The minimum atomic E-state index is -0.578. The van der Waals surface area contributed by atoms with Crippen molar-refractivity contribution in [3.8, 4) is 5.75 Å². The Kier molecular flexibility index (Phi) is 6.41. The van der Waals surface area contributed by atoms with Crippen molar-refractivity contribution in [1.82, 2.24) is 4.90 Å². The number of benzene rings is 1. The number of nitrogens with zero attached hydrogens (tertiary/aromatic N) is 2.